The molecule has 0 aromatic heterocycles. The van der Waals surface area contributed by atoms with Crippen LogP contribution >= 0.6 is 0 Å². The molecule has 0 unspecified atom stereocenters. The van der Waals surface area contributed by atoms with Gasteiger partial charge in [0.1, 0.15) is 5.75 Å². The van der Waals surface area contributed by atoms with Gasteiger partial charge in [-0.2, -0.15) is 5.10 Å². The number of carbonyl (C=O) groups is 1. The molecule has 0 saturated heterocycles. The summed E-state index contributed by atoms with van der Waals surface area (Å²) < 4.78 is 5.51. The number of carbonyl (C=O) groups excluding carboxylic acids is 1. The molecule has 0 aliphatic heterocycles. The van der Waals surface area contributed by atoms with Gasteiger partial charge in [0.25, 0.3) is 5.91 Å². The van der Waals surface area contributed by atoms with Crippen molar-refractivity contribution < 1.29 is 9.53 Å². The van der Waals surface area contributed by atoms with Crippen molar-refractivity contribution in [3.8, 4) is 5.75 Å². The number of hydrogen-bond donors (Lipinski definition) is 1. The van der Waals surface area contributed by atoms with Crippen molar-refractivity contribution in [1.29, 1.82) is 0 Å². The molecule has 1 amide bonds. The minimum Gasteiger partial charge on any atom is -0.484 e. The van der Waals surface area contributed by atoms with Crippen molar-refractivity contribution in [2.45, 2.75) is 47.0 Å². The monoisotopic (exact) mass is 352 g/mol. The van der Waals surface area contributed by atoms with Gasteiger partial charge in [-0.25, -0.2) is 5.43 Å². The maximum absolute atomic E-state index is 11.9. The van der Waals surface area contributed by atoms with Crippen LogP contribution in [0.3, 0.4) is 0 Å². The van der Waals surface area contributed by atoms with Gasteiger partial charge < -0.3 is 4.74 Å². The molecule has 2 rings (SSSR count). The summed E-state index contributed by atoms with van der Waals surface area (Å²) in [4.78, 5) is 11.9. The van der Waals surface area contributed by atoms with Crippen LogP contribution in [0, 0.1) is 20.8 Å². The van der Waals surface area contributed by atoms with Crippen LogP contribution in [0.5, 0.6) is 5.75 Å². The summed E-state index contributed by atoms with van der Waals surface area (Å²) >= 11 is 0. The largest absolute Gasteiger partial charge is 0.484 e. The lowest BCUT2D eigenvalue weighted by molar-refractivity contribution is -0.123. The highest BCUT2D eigenvalue weighted by atomic mass is 16.5. The predicted molar refractivity (Wildman–Crippen MR) is 107 cm³/mol. The van der Waals surface area contributed by atoms with Crippen LogP contribution in [-0.2, 0) is 11.2 Å². The van der Waals surface area contributed by atoms with Gasteiger partial charge in [-0.05, 0) is 62.4 Å². The number of benzene rings is 2. The Morgan fingerprint density at radius 1 is 1.12 bits per heavy atom. The minimum atomic E-state index is -0.279. The zero-order chi connectivity index (χ0) is 18.9. The first-order valence-electron chi connectivity index (χ1n) is 9.11. The Balaban J connectivity index is 1.82. The molecule has 138 valence electrons. The van der Waals surface area contributed by atoms with Crippen molar-refractivity contribution >= 4 is 12.1 Å². The van der Waals surface area contributed by atoms with Gasteiger partial charge in [0.15, 0.2) is 6.61 Å². The molecule has 0 fully saturated rings. The minimum absolute atomic E-state index is 0.0580. The van der Waals surface area contributed by atoms with Crippen LogP contribution in [0.4, 0.5) is 0 Å². The van der Waals surface area contributed by atoms with Crippen LogP contribution in [0.1, 0.15) is 47.6 Å². The van der Waals surface area contributed by atoms with E-state index in [-0.39, 0.29) is 12.5 Å². The quantitative estimate of drug-likeness (QED) is 0.562. The Morgan fingerprint density at radius 2 is 1.77 bits per heavy atom. The number of nitrogens with one attached hydrogen (secondary N) is 1. The molecule has 0 bridgehead atoms. The SMILES string of the molecule is CCCCc1ccc(OCC(=O)N/N=C\c2c(C)cc(C)cc2C)cc1. The van der Waals surface area contributed by atoms with E-state index in [9.17, 15) is 4.79 Å². The Labute approximate surface area is 156 Å². The van der Waals surface area contributed by atoms with Gasteiger partial charge in [0, 0.05) is 5.56 Å². The second kappa shape index (κ2) is 9.76. The fraction of sp³-hybridized carbons (Fsp3) is 0.364. The molecule has 1 N–H and O–H groups in total. The van der Waals surface area contributed by atoms with Crippen molar-refractivity contribution in [1.82, 2.24) is 5.43 Å². The third kappa shape index (κ3) is 6.03. The Morgan fingerprint density at radius 3 is 2.38 bits per heavy atom. The zero-order valence-corrected chi connectivity index (χ0v) is 16.1. The number of unbranched alkanes of at least 4 members (excludes halogenated alkanes) is 1. The first-order valence-corrected chi connectivity index (χ1v) is 9.11. The second-order valence-electron chi connectivity index (χ2n) is 6.64. The van der Waals surface area contributed by atoms with Crippen molar-refractivity contribution in [3.05, 3.63) is 64.2 Å². The average Bonchev–Trinajstić information content (AvgIpc) is 2.61. The number of aryl methyl sites for hydroxylation is 4. The first kappa shape index (κ1) is 19.7. The van der Waals surface area contributed by atoms with E-state index in [1.54, 1.807) is 6.21 Å². The van der Waals surface area contributed by atoms with Crippen molar-refractivity contribution in [3.63, 3.8) is 0 Å². The Bertz CT molecular complexity index is 741. The van der Waals surface area contributed by atoms with E-state index in [2.05, 4.69) is 36.5 Å². The molecule has 0 aliphatic carbocycles. The Hall–Kier alpha value is -2.62. The van der Waals surface area contributed by atoms with Crippen molar-refractivity contribution in [2.75, 3.05) is 6.61 Å². The summed E-state index contributed by atoms with van der Waals surface area (Å²) in [6.07, 6.45) is 5.12. The van der Waals surface area contributed by atoms with Gasteiger partial charge in [0.05, 0.1) is 6.21 Å². The van der Waals surface area contributed by atoms with Crippen LogP contribution in [0.2, 0.25) is 0 Å². The molecule has 2 aromatic rings. The molecule has 0 saturated carbocycles. The van der Waals surface area contributed by atoms with Crippen molar-refractivity contribution in [2.24, 2.45) is 5.10 Å². The molecule has 0 spiro atoms. The third-order valence-corrected chi connectivity index (χ3v) is 4.23. The highest BCUT2D eigenvalue weighted by Crippen LogP contribution is 2.15. The maximum Gasteiger partial charge on any atom is 0.277 e. The van der Waals surface area contributed by atoms with Crippen LogP contribution in [0.25, 0.3) is 0 Å². The molecule has 0 atom stereocenters. The molecular formula is C22H28N2O2. The van der Waals surface area contributed by atoms with Gasteiger partial charge >= 0.3 is 0 Å². The lowest BCUT2D eigenvalue weighted by atomic mass is 10.0. The van der Waals surface area contributed by atoms with Gasteiger partial charge in [-0.1, -0.05) is 43.2 Å². The number of amides is 1. The highest BCUT2D eigenvalue weighted by Gasteiger charge is 2.04. The summed E-state index contributed by atoms with van der Waals surface area (Å²) in [6.45, 7) is 8.26. The van der Waals surface area contributed by atoms with Gasteiger partial charge in [-0.15, -0.1) is 0 Å². The van der Waals surface area contributed by atoms with E-state index >= 15 is 0 Å². The molecular weight excluding hydrogens is 324 g/mol. The topological polar surface area (TPSA) is 50.7 Å². The van der Waals surface area contributed by atoms with Gasteiger partial charge in [0.2, 0.25) is 0 Å². The van der Waals surface area contributed by atoms with E-state index < -0.39 is 0 Å². The third-order valence-electron chi connectivity index (χ3n) is 4.23. The molecule has 4 nitrogen and oxygen atoms in total. The fourth-order valence-corrected chi connectivity index (χ4v) is 2.88. The molecule has 4 heteroatoms. The van der Waals surface area contributed by atoms with E-state index in [1.165, 1.54) is 24.0 Å². The molecule has 2 aromatic carbocycles. The van der Waals surface area contributed by atoms with Crippen LogP contribution in [0.15, 0.2) is 41.5 Å². The summed E-state index contributed by atoms with van der Waals surface area (Å²) in [6, 6.07) is 12.1. The normalized spacial score (nSPS) is 10.9. The number of rotatable bonds is 8. The van der Waals surface area contributed by atoms with Gasteiger partial charge in [-0.3, -0.25) is 4.79 Å². The van der Waals surface area contributed by atoms with E-state index in [4.69, 9.17) is 4.74 Å². The lowest BCUT2D eigenvalue weighted by Gasteiger charge is -2.07. The number of hydrogen-bond acceptors (Lipinski definition) is 3. The number of hydrazone groups is 1. The summed E-state index contributed by atoms with van der Waals surface area (Å²) in [7, 11) is 0. The molecule has 26 heavy (non-hydrogen) atoms. The standard InChI is InChI=1S/C22H28N2O2/c1-5-6-7-19-8-10-20(11-9-19)26-15-22(25)24-23-14-21-17(3)12-16(2)13-18(21)4/h8-14H,5-7,15H2,1-4H3,(H,24,25)/b23-14-. The van der Waals surface area contributed by atoms with Crippen LogP contribution in [-0.4, -0.2) is 18.7 Å². The summed E-state index contributed by atoms with van der Waals surface area (Å²) in [5, 5.41) is 4.05. The molecule has 0 heterocycles. The molecule has 0 aliphatic rings. The fourth-order valence-electron chi connectivity index (χ4n) is 2.88. The molecule has 0 radical (unpaired) electrons. The highest BCUT2D eigenvalue weighted by molar-refractivity contribution is 5.85. The predicted octanol–water partition coefficient (Wildman–Crippen LogP) is 4.48. The second-order valence-corrected chi connectivity index (χ2v) is 6.64. The average molecular weight is 352 g/mol. The zero-order valence-electron chi connectivity index (χ0n) is 16.1. The van der Waals surface area contributed by atoms with E-state index in [1.807, 2.05) is 38.1 Å². The summed E-state index contributed by atoms with van der Waals surface area (Å²) in [5.41, 5.74) is 8.33. The maximum atomic E-state index is 11.9. The Kier molecular flexibility index (Phi) is 7.39. The number of nitrogens with zero attached hydrogens (tertiary/aromatic N) is 1. The van der Waals surface area contributed by atoms with Crippen LogP contribution < -0.4 is 10.2 Å². The summed E-state index contributed by atoms with van der Waals surface area (Å²) in [5.74, 6) is 0.410. The first-order chi connectivity index (χ1) is 12.5. The lowest BCUT2D eigenvalue weighted by Crippen LogP contribution is -2.24. The smallest absolute Gasteiger partial charge is 0.277 e. The number of ether oxygens (including phenoxy) is 1. The van der Waals surface area contributed by atoms with E-state index in [0.717, 1.165) is 23.1 Å². The van der Waals surface area contributed by atoms with E-state index in [0.29, 0.717) is 5.75 Å².